The summed E-state index contributed by atoms with van der Waals surface area (Å²) in [6, 6.07) is 0.529. The average Bonchev–Trinajstić information content (AvgIpc) is 2.99. The smallest absolute Gasteiger partial charge is 0.352 e. The van der Waals surface area contributed by atoms with Crippen LogP contribution in [-0.4, -0.2) is 21.7 Å². The van der Waals surface area contributed by atoms with Crippen LogP contribution in [0.1, 0.15) is 68.8 Å². The molecule has 0 saturated heterocycles. The van der Waals surface area contributed by atoms with E-state index < -0.39 is 17.9 Å². The van der Waals surface area contributed by atoms with Crippen LogP contribution in [0.3, 0.4) is 0 Å². The first kappa shape index (κ1) is 15.4. The van der Waals surface area contributed by atoms with Crippen LogP contribution in [0.4, 0.5) is 13.2 Å². The molecule has 7 heteroatoms. The maximum atomic E-state index is 12.9. The summed E-state index contributed by atoms with van der Waals surface area (Å²) < 4.78 is 39.9. The third kappa shape index (κ3) is 3.13. The van der Waals surface area contributed by atoms with Crippen molar-refractivity contribution >= 4 is 5.91 Å². The Labute approximate surface area is 127 Å². The molecule has 2 saturated carbocycles. The van der Waals surface area contributed by atoms with E-state index in [1.165, 1.54) is 4.68 Å². The number of nitrogens with zero attached hydrogens (tertiary/aromatic N) is 2. The lowest BCUT2D eigenvalue weighted by Crippen LogP contribution is -2.38. The molecule has 2 aliphatic carbocycles. The minimum absolute atomic E-state index is 0.102. The summed E-state index contributed by atoms with van der Waals surface area (Å²) in [6.45, 7) is 1.61. The zero-order chi connectivity index (χ0) is 15.9. The summed E-state index contributed by atoms with van der Waals surface area (Å²) in [5, 5.41) is 6.60. The van der Waals surface area contributed by atoms with E-state index >= 15 is 0 Å². The van der Waals surface area contributed by atoms with E-state index in [0.29, 0.717) is 5.69 Å². The van der Waals surface area contributed by atoms with Crippen LogP contribution in [0.5, 0.6) is 0 Å². The molecule has 122 valence electrons. The molecule has 4 nitrogen and oxygen atoms in total. The van der Waals surface area contributed by atoms with E-state index in [0.717, 1.165) is 44.6 Å². The molecule has 1 unspecified atom stereocenters. The molecular weight excluding hydrogens is 295 g/mol. The van der Waals surface area contributed by atoms with Crippen LogP contribution in [0.2, 0.25) is 0 Å². The van der Waals surface area contributed by atoms with Gasteiger partial charge < -0.3 is 5.32 Å². The lowest BCUT2D eigenvalue weighted by atomic mass is 10.2. The van der Waals surface area contributed by atoms with Crippen molar-refractivity contribution < 1.29 is 18.0 Å². The van der Waals surface area contributed by atoms with E-state index in [2.05, 4.69) is 10.4 Å². The second kappa shape index (κ2) is 5.59. The number of aromatic nitrogens is 2. The summed E-state index contributed by atoms with van der Waals surface area (Å²) in [5.74, 6) is -0.143. The fourth-order valence-corrected chi connectivity index (χ4v) is 3.04. The lowest BCUT2D eigenvalue weighted by molar-refractivity contribution is -0.142. The summed E-state index contributed by atoms with van der Waals surface area (Å²) in [4.78, 5) is 12.3. The van der Waals surface area contributed by atoms with Crippen LogP contribution in [0.15, 0.2) is 6.07 Å². The number of alkyl halides is 3. The van der Waals surface area contributed by atoms with E-state index in [9.17, 15) is 18.0 Å². The normalized spacial score (nSPS) is 21.1. The summed E-state index contributed by atoms with van der Waals surface area (Å²) in [7, 11) is 0. The fraction of sp³-hybridized carbons (Fsp3) is 0.733. The topological polar surface area (TPSA) is 46.9 Å². The number of carbonyl (C=O) groups is 1. The van der Waals surface area contributed by atoms with Gasteiger partial charge in [0.1, 0.15) is 6.04 Å². The van der Waals surface area contributed by atoms with Gasteiger partial charge in [-0.15, -0.1) is 0 Å². The van der Waals surface area contributed by atoms with Gasteiger partial charge in [-0.2, -0.15) is 18.3 Å². The maximum absolute atomic E-state index is 12.9. The van der Waals surface area contributed by atoms with Crippen molar-refractivity contribution in [2.45, 2.75) is 69.6 Å². The molecule has 1 aromatic rings. The summed E-state index contributed by atoms with van der Waals surface area (Å²) in [6.07, 6.45) is 1.32. The van der Waals surface area contributed by atoms with Gasteiger partial charge in [0.05, 0.1) is 0 Å². The van der Waals surface area contributed by atoms with Crippen molar-refractivity contribution in [1.29, 1.82) is 0 Å². The van der Waals surface area contributed by atoms with E-state index in [1.807, 2.05) is 0 Å². The number of carbonyl (C=O) groups excluding carboxylic acids is 1. The minimum atomic E-state index is -4.48. The zero-order valence-corrected chi connectivity index (χ0v) is 12.5. The molecule has 22 heavy (non-hydrogen) atoms. The Hall–Kier alpha value is -1.53. The van der Waals surface area contributed by atoms with E-state index in [4.69, 9.17) is 0 Å². The third-order valence-electron chi connectivity index (χ3n) is 4.50. The quantitative estimate of drug-likeness (QED) is 0.925. The molecule has 2 fully saturated rings. The average molecular weight is 315 g/mol. The molecule has 3 rings (SSSR count). The fourth-order valence-electron chi connectivity index (χ4n) is 3.04. The number of amides is 1. The van der Waals surface area contributed by atoms with Gasteiger partial charge >= 0.3 is 6.18 Å². The minimum Gasteiger partial charge on any atom is -0.352 e. The Kier molecular flexibility index (Phi) is 3.91. The molecule has 0 spiro atoms. The van der Waals surface area contributed by atoms with Crippen molar-refractivity contribution in [2.24, 2.45) is 0 Å². The van der Waals surface area contributed by atoms with Gasteiger partial charge in [-0.25, -0.2) is 0 Å². The van der Waals surface area contributed by atoms with Crippen LogP contribution in [-0.2, 0) is 11.0 Å². The van der Waals surface area contributed by atoms with E-state index in [1.54, 1.807) is 6.92 Å². The Morgan fingerprint density at radius 1 is 1.32 bits per heavy atom. The molecule has 1 atom stereocenters. The van der Waals surface area contributed by atoms with Crippen LogP contribution in [0, 0.1) is 0 Å². The Bertz CT molecular complexity index is 557. The lowest BCUT2D eigenvalue weighted by Gasteiger charge is -2.18. The Balaban J connectivity index is 1.79. The molecule has 0 aromatic carbocycles. The highest BCUT2D eigenvalue weighted by Crippen LogP contribution is 2.43. The Morgan fingerprint density at radius 2 is 1.95 bits per heavy atom. The van der Waals surface area contributed by atoms with Crippen molar-refractivity contribution in [3.8, 4) is 0 Å². The molecule has 0 radical (unpaired) electrons. The van der Waals surface area contributed by atoms with Crippen molar-refractivity contribution in [2.75, 3.05) is 0 Å². The Morgan fingerprint density at radius 3 is 2.50 bits per heavy atom. The molecule has 1 heterocycles. The largest absolute Gasteiger partial charge is 0.435 e. The molecule has 1 aromatic heterocycles. The highest BCUT2D eigenvalue weighted by molar-refractivity contribution is 5.80. The van der Waals surface area contributed by atoms with Crippen molar-refractivity contribution in [1.82, 2.24) is 15.1 Å². The summed E-state index contributed by atoms with van der Waals surface area (Å²) in [5.41, 5.74) is -0.378. The first-order chi connectivity index (χ1) is 10.4. The number of rotatable bonds is 4. The van der Waals surface area contributed by atoms with Crippen LogP contribution in [0.25, 0.3) is 0 Å². The molecule has 0 aliphatic heterocycles. The summed E-state index contributed by atoms with van der Waals surface area (Å²) >= 11 is 0. The molecular formula is C15H20F3N3O. The monoisotopic (exact) mass is 315 g/mol. The highest BCUT2D eigenvalue weighted by atomic mass is 19.4. The number of nitrogens with one attached hydrogen (secondary N) is 1. The molecule has 1 amide bonds. The van der Waals surface area contributed by atoms with Gasteiger partial charge in [-0.05, 0) is 38.7 Å². The number of halogens is 3. The second-order valence-corrected chi connectivity index (χ2v) is 6.34. The van der Waals surface area contributed by atoms with Gasteiger partial charge in [0.15, 0.2) is 5.69 Å². The maximum Gasteiger partial charge on any atom is 0.435 e. The first-order valence-electron chi connectivity index (χ1n) is 7.83. The number of hydrogen-bond acceptors (Lipinski definition) is 2. The van der Waals surface area contributed by atoms with Gasteiger partial charge in [0.2, 0.25) is 5.91 Å². The molecule has 2 aliphatic rings. The van der Waals surface area contributed by atoms with Gasteiger partial charge in [0, 0.05) is 17.7 Å². The van der Waals surface area contributed by atoms with Crippen LogP contribution >= 0.6 is 0 Å². The standard InChI is InChI=1S/C15H20F3N3O/c1-9(14(22)19-11-4-2-3-5-11)21-12(10-6-7-10)8-13(20-21)15(16,17)18/h8-11H,2-7H2,1H3,(H,19,22). The van der Waals surface area contributed by atoms with Crippen molar-refractivity contribution in [3.63, 3.8) is 0 Å². The molecule has 0 bridgehead atoms. The first-order valence-corrected chi connectivity index (χ1v) is 7.83. The number of hydrogen-bond donors (Lipinski definition) is 1. The zero-order valence-electron chi connectivity index (χ0n) is 12.5. The second-order valence-electron chi connectivity index (χ2n) is 6.34. The third-order valence-corrected chi connectivity index (χ3v) is 4.50. The van der Waals surface area contributed by atoms with E-state index in [-0.39, 0.29) is 17.9 Å². The predicted octanol–water partition coefficient (Wildman–Crippen LogP) is 3.40. The van der Waals surface area contributed by atoms with Crippen molar-refractivity contribution in [3.05, 3.63) is 17.5 Å². The van der Waals surface area contributed by atoms with Gasteiger partial charge in [0.25, 0.3) is 0 Å². The molecule has 1 N–H and O–H groups in total. The highest BCUT2D eigenvalue weighted by Gasteiger charge is 2.39. The predicted molar refractivity (Wildman–Crippen MR) is 74.3 cm³/mol. The van der Waals surface area contributed by atoms with Gasteiger partial charge in [-0.3, -0.25) is 9.48 Å². The van der Waals surface area contributed by atoms with Crippen LogP contribution < -0.4 is 5.32 Å². The van der Waals surface area contributed by atoms with Gasteiger partial charge in [-0.1, -0.05) is 12.8 Å². The SMILES string of the molecule is CC(C(=O)NC1CCCC1)n1nc(C(F)(F)F)cc1C1CC1.